The van der Waals surface area contributed by atoms with Crippen LogP contribution in [0.3, 0.4) is 0 Å². The van der Waals surface area contributed by atoms with Gasteiger partial charge in [0.05, 0.1) is 10.9 Å². The summed E-state index contributed by atoms with van der Waals surface area (Å²) in [5.74, 6) is -0.745. The zero-order valence-electron chi connectivity index (χ0n) is 14.3. The van der Waals surface area contributed by atoms with Crippen molar-refractivity contribution in [3.05, 3.63) is 75.3 Å². The minimum atomic E-state index is -0.473. The van der Waals surface area contributed by atoms with Crippen molar-refractivity contribution in [1.29, 1.82) is 0 Å². The number of carbonyl (C=O) groups excluding carboxylic acids is 2. The average Bonchev–Trinajstić information content (AvgIpc) is 2.67. The number of halogens is 1. The lowest BCUT2D eigenvalue weighted by Gasteiger charge is -2.07. The van der Waals surface area contributed by atoms with Crippen LogP contribution >= 0.6 is 11.6 Å². The lowest BCUT2D eigenvalue weighted by Crippen LogP contribution is -2.31. The molecule has 0 saturated carbocycles. The zero-order chi connectivity index (χ0) is 19.2. The molecule has 0 bridgehead atoms. The molecule has 0 atom stereocenters. The second-order valence-electron chi connectivity index (χ2n) is 5.81. The number of aromatic nitrogens is 2. The fourth-order valence-electron chi connectivity index (χ4n) is 2.50. The highest BCUT2D eigenvalue weighted by atomic mass is 35.5. The van der Waals surface area contributed by atoms with Crippen LogP contribution < -0.4 is 16.2 Å². The van der Waals surface area contributed by atoms with E-state index in [0.29, 0.717) is 41.0 Å². The van der Waals surface area contributed by atoms with Gasteiger partial charge < -0.3 is 15.6 Å². The summed E-state index contributed by atoms with van der Waals surface area (Å²) < 4.78 is 0. The van der Waals surface area contributed by atoms with Crippen LogP contribution in [0.25, 0.3) is 10.9 Å². The SMILES string of the molecule is O=C(NCCCNC(=O)c1nc2ccccc2c(=O)[nH]1)c1cccc(Cl)c1. The molecular formula is C19H17ClN4O3. The maximum atomic E-state index is 12.2. The van der Waals surface area contributed by atoms with Gasteiger partial charge in [-0.3, -0.25) is 14.4 Å². The first-order chi connectivity index (χ1) is 13.0. The Morgan fingerprint density at radius 1 is 1.00 bits per heavy atom. The third-order valence-electron chi connectivity index (χ3n) is 3.84. The maximum absolute atomic E-state index is 12.2. The van der Waals surface area contributed by atoms with Crippen molar-refractivity contribution in [2.24, 2.45) is 0 Å². The minimum absolute atomic E-state index is 0.0401. The largest absolute Gasteiger partial charge is 0.352 e. The normalized spacial score (nSPS) is 10.6. The van der Waals surface area contributed by atoms with E-state index in [-0.39, 0.29) is 17.3 Å². The Hall–Kier alpha value is -3.19. The first-order valence-electron chi connectivity index (χ1n) is 8.35. The number of nitrogens with one attached hydrogen (secondary N) is 3. The third kappa shape index (κ3) is 4.71. The molecule has 0 saturated heterocycles. The molecule has 27 heavy (non-hydrogen) atoms. The molecule has 0 unspecified atom stereocenters. The summed E-state index contributed by atoms with van der Waals surface area (Å²) in [6.07, 6.45) is 0.524. The molecule has 3 rings (SSSR count). The Morgan fingerprint density at radius 3 is 2.52 bits per heavy atom. The first-order valence-corrected chi connectivity index (χ1v) is 8.73. The molecule has 0 spiro atoms. The quantitative estimate of drug-likeness (QED) is 0.566. The number of hydrogen-bond donors (Lipinski definition) is 3. The fraction of sp³-hybridized carbons (Fsp3) is 0.158. The number of amides is 2. The van der Waals surface area contributed by atoms with Gasteiger partial charge in [-0.1, -0.05) is 29.8 Å². The van der Waals surface area contributed by atoms with Gasteiger partial charge in [0, 0.05) is 23.7 Å². The fourth-order valence-corrected chi connectivity index (χ4v) is 2.69. The molecule has 138 valence electrons. The molecule has 7 nitrogen and oxygen atoms in total. The summed E-state index contributed by atoms with van der Waals surface area (Å²) in [5.41, 5.74) is 0.573. The van der Waals surface area contributed by atoms with Gasteiger partial charge in [0.2, 0.25) is 0 Å². The van der Waals surface area contributed by atoms with Crippen LogP contribution in [0.15, 0.2) is 53.3 Å². The first kappa shape index (κ1) is 18.6. The smallest absolute Gasteiger partial charge is 0.287 e. The van der Waals surface area contributed by atoms with Gasteiger partial charge in [-0.25, -0.2) is 4.98 Å². The molecule has 3 N–H and O–H groups in total. The number of fused-ring (bicyclic) bond motifs is 1. The van der Waals surface area contributed by atoms with E-state index in [2.05, 4.69) is 20.6 Å². The van der Waals surface area contributed by atoms with Gasteiger partial charge in [0.1, 0.15) is 0 Å². The molecule has 0 aliphatic heterocycles. The molecule has 3 aromatic rings. The van der Waals surface area contributed by atoms with Crippen LogP contribution in [0, 0.1) is 0 Å². The molecule has 0 aliphatic rings. The minimum Gasteiger partial charge on any atom is -0.352 e. The van der Waals surface area contributed by atoms with Crippen molar-refractivity contribution in [3.63, 3.8) is 0 Å². The van der Waals surface area contributed by atoms with Gasteiger partial charge in [-0.15, -0.1) is 0 Å². The Morgan fingerprint density at radius 2 is 1.74 bits per heavy atom. The summed E-state index contributed by atoms with van der Waals surface area (Å²) in [6.45, 7) is 0.707. The lowest BCUT2D eigenvalue weighted by molar-refractivity contribution is 0.0942. The number of H-pyrrole nitrogens is 1. The summed E-state index contributed by atoms with van der Waals surface area (Å²) >= 11 is 5.85. The molecule has 8 heteroatoms. The van der Waals surface area contributed by atoms with E-state index in [0.717, 1.165) is 0 Å². The van der Waals surface area contributed by atoms with Gasteiger partial charge in [0.25, 0.3) is 17.4 Å². The number of hydrogen-bond acceptors (Lipinski definition) is 4. The molecule has 1 heterocycles. The Balaban J connectivity index is 1.49. The van der Waals surface area contributed by atoms with E-state index in [9.17, 15) is 14.4 Å². The second kappa shape index (κ2) is 8.46. The Labute approximate surface area is 159 Å². The summed E-state index contributed by atoms with van der Waals surface area (Å²) in [5, 5.41) is 6.34. The van der Waals surface area contributed by atoms with E-state index in [1.54, 1.807) is 48.5 Å². The predicted octanol–water partition coefficient (Wildman–Crippen LogP) is 2.13. The average molecular weight is 385 g/mol. The van der Waals surface area contributed by atoms with Crippen LogP contribution in [-0.4, -0.2) is 34.9 Å². The topological polar surface area (TPSA) is 104 Å². The van der Waals surface area contributed by atoms with Gasteiger partial charge in [-0.2, -0.15) is 0 Å². The van der Waals surface area contributed by atoms with Crippen molar-refractivity contribution in [1.82, 2.24) is 20.6 Å². The van der Waals surface area contributed by atoms with Crippen LogP contribution in [0.4, 0.5) is 0 Å². The van der Waals surface area contributed by atoms with Gasteiger partial charge >= 0.3 is 0 Å². The monoisotopic (exact) mass is 384 g/mol. The standard InChI is InChI=1S/C19H17ClN4O3/c20-13-6-3-5-12(11-13)17(25)21-9-4-10-22-19(27)16-23-15-8-2-1-7-14(15)18(26)24-16/h1-3,5-8,11H,4,9-10H2,(H,21,25)(H,22,27)(H,23,24,26). The molecule has 0 fully saturated rings. The summed E-state index contributed by atoms with van der Waals surface area (Å²) in [6, 6.07) is 13.5. The molecule has 1 aromatic heterocycles. The lowest BCUT2D eigenvalue weighted by atomic mass is 10.2. The maximum Gasteiger partial charge on any atom is 0.287 e. The molecule has 0 radical (unpaired) electrons. The van der Waals surface area contributed by atoms with Crippen molar-refractivity contribution in [2.45, 2.75) is 6.42 Å². The highest BCUT2D eigenvalue weighted by molar-refractivity contribution is 6.30. The summed E-state index contributed by atoms with van der Waals surface area (Å²) in [7, 11) is 0. The Bertz CT molecular complexity index is 1050. The highest BCUT2D eigenvalue weighted by Gasteiger charge is 2.11. The zero-order valence-corrected chi connectivity index (χ0v) is 15.0. The van der Waals surface area contributed by atoms with E-state index in [1.807, 2.05) is 0 Å². The number of carbonyl (C=O) groups is 2. The summed E-state index contributed by atoms with van der Waals surface area (Å²) in [4.78, 5) is 42.7. The second-order valence-corrected chi connectivity index (χ2v) is 6.24. The number of nitrogens with zero attached hydrogens (tertiary/aromatic N) is 1. The van der Waals surface area contributed by atoms with E-state index < -0.39 is 5.91 Å². The van der Waals surface area contributed by atoms with Crippen molar-refractivity contribution in [2.75, 3.05) is 13.1 Å². The van der Waals surface area contributed by atoms with Crippen LogP contribution in [0.2, 0.25) is 5.02 Å². The van der Waals surface area contributed by atoms with Crippen molar-refractivity contribution in [3.8, 4) is 0 Å². The van der Waals surface area contributed by atoms with Crippen molar-refractivity contribution < 1.29 is 9.59 Å². The number of para-hydroxylation sites is 1. The number of aromatic amines is 1. The van der Waals surface area contributed by atoms with Gasteiger partial charge in [-0.05, 0) is 36.8 Å². The molecule has 2 aromatic carbocycles. The van der Waals surface area contributed by atoms with E-state index in [4.69, 9.17) is 11.6 Å². The van der Waals surface area contributed by atoms with Gasteiger partial charge in [0.15, 0.2) is 5.82 Å². The predicted molar refractivity (Wildman–Crippen MR) is 103 cm³/mol. The van der Waals surface area contributed by atoms with Crippen LogP contribution in [-0.2, 0) is 0 Å². The van der Waals surface area contributed by atoms with Crippen LogP contribution in [0.1, 0.15) is 27.4 Å². The number of benzene rings is 2. The molecule has 0 aliphatic carbocycles. The highest BCUT2D eigenvalue weighted by Crippen LogP contribution is 2.10. The molecule has 2 amide bonds. The number of rotatable bonds is 6. The Kier molecular flexibility index (Phi) is 5.83. The molecular weight excluding hydrogens is 368 g/mol. The van der Waals surface area contributed by atoms with Crippen molar-refractivity contribution >= 4 is 34.3 Å². The van der Waals surface area contributed by atoms with Crippen LogP contribution in [0.5, 0.6) is 0 Å². The van der Waals surface area contributed by atoms with E-state index in [1.165, 1.54) is 0 Å². The third-order valence-corrected chi connectivity index (χ3v) is 4.07. The van der Waals surface area contributed by atoms with E-state index >= 15 is 0 Å².